The second kappa shape index (κ2) is 4.42. The molecule has 1 N–H and O–H groups in total. The number of hydrogen-bond acceptors (Lipinski definition) is 4. The van der Waals surface area contributed by atoms with E-state index in [0.717, 1.165) is 0 Å². The molecule has 0 radical (unpaired) electrons. The fourth-order valence-electron chi connectivity index (χ4n) is 0.441. The van der Waals surface area contributed by atoms with E-state index < -0.39 is 22.0 Å². The lowest BCUT2D eigenvalue weighted by Crippen LogP contribution is -2.18. The van der Waals surface area contributed by atoms with Gasteiger partial charge in [0.05, 0.1) is 5.92 Å². The zero-order chi connectivity index (χ0) is 9.78. The lowest BCUT2D eigenvalue weighted by atomic mass is 10.1. The molecule has 0 saturated carbocycles. The van der Waals surface area contributed by atoms with E-state index in [2.05, 4.69) is 4.74 Å². The summed E-state index contributed by atoms with van der Waals surface area (Å²) in [7, 11) is -4.20. The van der Waals surface area contributed by atoms with Crippen molar-refractivity contribution in [1.82, 2.24) is 0 Å². The molecule has 12 heavy (non-hydrogen) atoms. The molecule has 0 aliphatic carbocycles. The normalized spacial score (nSPS) is 13.9. The minimum absolute atomic E-state index is 0.341. The lowest BCUT2D eigenvalue weighted by molar-refractivity contribution is -0.146. The summed E-state index contributed by atoms with van der Waals surface area (Å²) in [5.41, 5.74) is 0. The van der Waals surface area contributed by atoms with Crippen molar-refractivity contribution in [3.63, 3.8) is 0 Å². The molecule has 0 aromatic carbocycles. The van der Waals surface area contributed by atoms with E-state index in [-0.39, 0.29) is 5.92 Å². The lowest BCUT2D eigenvalue weighted by Gasteiger charge is -2.06. The number of rotatable bonds is 4. The number of esters is 1. The average Bonchev–Trinajstić information content (AvgIpc) is 1.97. The average molecular weight is 196 g/mol. The molecule has 1 unspecified atom stereocenters. The Kier molecular flexibility index (Phi) is 4.19. The highest BCUT2D eigenvalue weighted by atomic mass is 32.2. The molecular weight excluding hydrogens is 184 g/mol. The first-order chi connectivity index (χ1) is 5.37. The van der Waals surface area contributed by atoms with Crippen LogP contribution >= 0.6 is 0 Å². The number of carbonyl (C=O) groups is 1. The standard InChI is InChI=1S/C6H12O5S/c1-3-5(2)6(7)11-4-12(8,9)10/h5H,3-4H2,1-2H3,(H,8,9,10). The van der Waals surface area contributed by atoms with Gasteiger partial charge in [-0.1, -0.05) is 13.8 Å². The molecule has 0 aliphatic rings. The van der Waals surface area contributed by atoms with Crippen molar-refractivity contribution in [3.05, 3.63) is 0 Å². The van der Waals surface area contributed by atoms with Crippen LogP contribution in [0.2, 0.25) is 0 Å². The first-order valence-electron chi connectivity index (χ1n) is 3.48. The van der Waals surface area contributed by atoms with Crippen LogP contribution in [0, 0.1) is 5.92 Å². The van der Waals surface area contributed by atoms with Crippen LogP contribution in [-0.4, -0.2) is 24.9 Å². The summed E-state index contributed by atoms with van der Waals surface area (Å²) >= 11 is 0. The van der Waals surface area contributed by atoms with Crippen LogP contribution in [0.4, 0.5) is 0 Å². The second-order valence-electron chi connectivity index (χ2n) is 2.47. The topological polar surface area (TPSA) is 80.7 Å². The summed E-state index contributed by atoms with van der Waals surface area (Å²) in [6.07, 6.45) is 0.574. The molecule has 0 aromatic heterocycles. The number of hydrogen-bond donors (Lipinski definition) is 1. The van der Waals surface area contributed by atoms with Gasteiger partial charge in [0.2, 0.25) is 5.94 Å². The van der Waals surface area contributed by atoms with Crippen molar-refractivity contribution in [2.24, 2.45) is 5.92 Å². The Morgan fingerprint density at radius 1 is 1.58 bits per heavy atom. The molecule has 0 spiro atoms. The molecule has 0 bridgehead atoms. The van der Waals surface area contributed by atoms with E-state index >= 15 is 0 Å². The fourth-order valence-corrected chi connectivity index (χ4v) is 0.707. The summed E-state index contributed by atoms with van der Waals surface area (Å²) in [5.74, 6) is -1.92. The Bertz CT molecular complexity index is 243. The Labute approximate surface area is 71.5 Å². The van der Waals surface area contributed by atoms with Crippen molar-refractivity contribution >= 4 is 16.1 Å². The second-order valence-corrected chi connectivity index (χ2v) is 3.87. The zero-order valence-electron chi connectivity index (χ0n) is 6.98. The monoisotopic (exact) mass is 196 g/mol. The minimum Gasteiger partial charge on any atom is -0.446 e. The van der Waals surface area contributed by atoms with Gasteiger partial charge in [0.15, 0.2) is 0 Å². The van der Waals surface area contributed by atoms with Gasteiger partial charge >= 0.3 is 16.1 Å². The van der Waals surface area contributed by atoms with Crippen molar-refractivity contribution in [2.45, 2.75) is 20.3 Å². The van der Waals surface area contributed by atoms with Crippen molar-refractivity contribution in [3.8, 4) is 0 Å². The number of ether oxygens (including phenoxy) is 1. The summed E-state index contributed by atoms with van der Waals surface area (Å²) in [6, 6.07) is 0. The van der Waals surface area contributed by atoms with Gasteiger partial charge in [0.1, 0.15) is 0 Å². The summed E-state index contributed by atoms with van der Waals surface area (Å²) in [4.78, 5) is 10.8. The Hall–Kier alpha value is -0.620. The van der Waals surface area contributed by atoms with E-state index in [1.807, 2.05) is 0 Å². The van der Waals surface area contributed by atoms with Crippen LogP contribution in [0.3, 0.4) is 0 Å². The van der Waals surface area contributed by atoms with Crippen molar-refractivity contribution < 1.29 is 22.5 Å². The van der Waals surface area contributed by atoms with Crippen LogP contribution in [0.1, 0.15) is 20.3 Å². The third-order valence-electron chi connectivity index (χ3n) is 1.36. The molecule has 0 aromatic rings. The summed E-state index contributed by atoms with van der Waals surface area (Å²) in [5, 5.41) is 0. The van der Waals surface area contributed by atoms with Gasteiger partial charge < -0.3 is 4.74 Å². The first kappa shape index (κ1) is 11.4. The smallest absolute Gasteiger partial charge is 0.309 e. The molecule has 0 saturated heterocycles. The zero-order valence-corrected chi connectivity index (χ0v) is 7.80. The molecule has 0 rings (SSSR count). The van der Waals surface area contributed by atoms with Gasteiger partial charge in [-0.25, -0.2) is 0 Å². The van der Waals surface area contributed by atoms with Gasteiger partial charge in [-0.3, -0.25) is 9.35 Å². The van der Waals surface area contributed by atoms with E-state index in [1.165, 1.54) is 0 Å². The molecule has 0 fully saturated rings. The molecule has 0 amide bonds. The Morgan fingerprint density at radius 3 is 2.42 bits per heavy atom. The highest BCUT2D eigenvalue weighted by Gasteiger charge is 2.15. The quantitative estimate of drug-likeness (QED) is 0.520. The van der Waals surface area contributed by atoms with E-state index in [1.54, 1.807) is 13.8 Å². The van der Waals surface area contributed by atoms with Crippen LogP contribution in [0.15, 0.2) is 0 Å². The van der Waals surface area contributed by atoms with Crippen LogP contribution < -0.4 is 0 Å². The van der Waals surface area contributed by atoms with Gasteiger partial charge in [-0.15, -0.1) is 0 Å². The van der Waals surface area contributed by atoms with Crippen LogP contribution in [0.25, 0.3) is 0 Å². The predicted octanol–water partition coefficient (Wildman–Crippen LogP) is 0.421. The Morgan fingerprint density at radius 2 is 2.08 bits per heavy atom. The van der Waals surface area contributed by atoms with E-state index in [9.17, 15) is 13.2 Å². The van der Waals surface area contributed by atoms with Gasteiger partial charge in [0.25, 0.3) is 0 Å². The predicted molar refractivity (Wildman–Crippen MR) is 42.0 cm³/mol. The molecule has 0 aliphatic heterocycles. The van der Waals surface area contributed by atoms with E-state index in [4.69, 9.17) is 4.55 Å². The molecule has 5 nitrogen and oxygen atoms in total. The largest absolute Gasteiger partial charge is 0.446 e. The highest BCUT2D eigenvalue weighted by Crippen LogP contribution is 2.03. The maximum Gasteiger partial charge on any atom is 0.309 e. The number of carbonyl (C=O) groups excluding carboxylic acids is 1. The summed E-state index contributed by atoms with van der Waals surface area (Å²) < 4.78 is 32.7. The van der Waals surface area contributed by atoms with Gasteiger partial charge in [-0.05, 0) is 6.42 Å². The van der Waals surface area contributed by atoms with Crippen molar-refractivity contribution in [2.75, 3.05) is 5.94 Å². The van der Waals surface area contributed by atoms with E-state index in [0.29, 0.717) is 6.42 Å². The van der Waals surface area contributed by atoms with Gasteiger partial charge in [-0.2, -0.15) is 8.42 Å². The molecule has 1 atom stereocenters. The fraction of sp³-hybridized carbons (Fsp3) is 0.833. The van der Waals surface area contributed by atoms with Crippen LogP contribution in [-0.2, 0) is 19.6 Å². The maximum absolute atomic E-state index is 10.8. The maximum atomic E-state index is 10.8. The molecular formula is C6H12O5S. The Balaban J connectivity index is 3.88. The van der Waals surface area contributed by atoms with Crippen LogP contribution in [0.5, 0.6) is 0 Å². The van der Waals surface area contributed by atoms with Gasteiger partial charge in [0, 0.05) is 0 Å². The molecule has 72 valence electrons. The third kappa shape index (κ3) is 5.09. The summed E-state index contributed by atoms with van der Waals surface area (Å²) in [6.45, 7) is 3.39. The highest BCUT2D eigenvalue weighted by molar-refractivity contribution is 7.85. The SMILES string of the molecule is CCC(C)C(=O)OCS(=O)(=O)O. The van der Waals surface area contributed by atoms with Crippen molar-refractivity contribution in [1.29, 1.82) is 0 Å². The minimum atomic E-state index is -4.20. The first-order valence-corrected chi connectivity index (χ1v) is 5.09. The third-order valence-corrected chi connectivity index (χ3v) is 1.78. The molecule has 0 heterocycles. The molecule has 6 heteroatoms.